The zero-order valence-electron chi connectivity index (χ0n) is 10.2. The van der Waals surface area contributed by atoms with Crippen LogP contribution in [0.2, 0.25) is 0 Å². The fraction of sp³-hybridized carbons (Fsp3) is 0.250. The topological polar surface area (TPSA) is 81.2 Å². The number of ether oxygens (including phenoxy) is 2. The summed E-state index contributed by atoms with van der Waals surface area (Å²) >= 11 is 1.19. The van der Waals surface area contributed by atoms with E-state index in [1.54, 1.807) is 13.2 Å². The van der Waals surface area contributed by atoms with E-state index in [2.05, 4.69) is 10.2 Å². The number of nitriles is 1. The molecule has 0 aliphatic heterocycles. The number of hydrogen-bond acceptors (Lipinski definition) is 7. The third kappa shape index (κ3) is 3.89. The quantitative estimate of drug-likeness (QED) is 0.749. The summed E-state index contributed by atoms with van der Waals surface area (Å²) < 4.78 is 15.9. The van der Waals surface area contributed by atoms with Crippen molar-refractivity contribution >= 4 is 11.8 Å². The van der Waals surface area contributed by atoms with Gasteiger partial charge in [-0.1, -0.05) is 17.8 Å². The number of hydrogen-bond donors (Lipinski definition) is 0. The molecule has 0 spiro atoms. The van der Waals surface area contributed by atoms with Gasteiger partial charge in [0.25, 0.3) is 11.1 Å². The molecule has 0 radical (unpaired) electrons. The van der Waals surface area contributed by atoms with Crippen LogP contribution >= 0.6 is 11.8 Å². The first-order valence-electron chi connectivity index (χ1n) is 5.41. The zero-order chi connectivity index (χ0) is 13.5. The summed E-state index contributed by atoms with van der Waals surface area (Å²) in [5, 5.41) is 16.4. The van der Waals surface area contributed by atoms with Crippen LogP contribution in [-0.4, -0.2) is 23.1 Å². The van der Waals surface area contributed by atoms with Crippen molar-refractivity contribution in [3.05, 3.63) is 30.2 Å². The van der Waals surface area contributed by atoms with E-state index < -0.39 is 0 Å². The van der Waals surface area contributed by atoms with E-state index in [1.807, 2.05) is 24.3 Å². The van der Waals surface area contributed by atoms with Gasteiger partial charge in [-0.05, 0) is 12.1 Å². The fourth-order valence-corrected chi connectivity index (χ4v) is 1.73. The summed E-state index contributed by atoms with van der Waals surface area (Å²) in [6.07, 6.45) is 0. The van der Waals surface area contributed by atoms with Crippen molar-refractivity contribution in [2.75, 3.05) is 12.9 Å². The second-order valence-corrected chi connectivity index (χ2v) is 4.30. The minimum Gasteiger partial charge on any atom is -0.497 e. The molecule has 1 aromatic heterocycles. The molecule has 98 valence electrons. The Morgan fingerprint density at radius 3 is 3.00 bits per heavy atom. The van der Waals surface area contributed by atoms with Gasteiger partial charge in [0.1, 0.15) is 11.5 Å². The third-order valence-electron chi connectivity index (χ3n) is 2.11. The first-order chi connectivity index (χ1) is 9.31. The van der Waals surface area contributed by atoms with Crippen LogP contribution in [0.5, 0.6) is 11.5 Å². The van der Waals surface area contributed by atoms with Crippen LogP contribution in [0.4, 0.5) is 0 Å². The minimum atomic E-state index is 0.174. The Morgan fingerprint density at radius 2 is 2.21 bits per heavy atom. The highest BCUT2D eigenvalue weighted by Gasteiger charge is 2.07. The van der Waals surface area contributed by atoms with E-state index in [0.717, 1.165) is 0 Å². The highest BCUT2D eigenvalue weighted by molar-refractivity contribution is 7.99. The van der Waals surface area contributed by atoms with Gasteiger partial charge >= 0.3 is 0 Å². The van der Waals surface area contributed by atoms with Gasteiger partial charge in [-0.15, -0.1) is 10.2 Å². The monoisotopic (exact) mass is 277 g/mol. The van der Waals surface area contributed by atoms with E-state index in [-0.39, 0.29) is 12.4 Å². The van der Waals surface area contributed by atoms with E-state index in [4.69, 9.17) is 19.2 Å². The Morgan fingerprint density at radius 1 is 1.37 bits per heavy atom. The lowest BCUT2D eigenvalue weighted by atomic mass is 10.3. The van der Waals surface area contributed by atoms with E-state index in [9.17, 15) is 0 Å². The van der Waals surface area contributed by atoms with Crippen LogP contribution in [0.1, 0.15) is 5.89 Å². The molecule has 1 aromatic carbocycles. The molecule has 0 aliphatic rings. The average molecular weight is 277 g/mol. The molecule has 0 unspecified atom stereocenters. The van der Waals surface area contributed by atoms with Gasteiger partial charge in [-0.25, -0.2) is 0 Å². The molecular formula is C12H11N3O3S. The maximum absolute atomic E-state index is 8.44. The molecule has 7 heteroatoms. The first kappa shape index (κ1) is 13.2. The van der Waals surface area contributed by atoms with E-state index in [0.29, 0.717) is 22.6 Å². The van der Waals surface area contributed by atoms with Gasteiger partial charge in [0, 0.05) is 6.07 Å². The maximum Gasteiger partial charge on any atom is 0.277 e. The van der Waals surface area contributed by atoms with Crippen LogP contribution in [0.3, 0.4) is 0 Å². The second kappa shape index (κ2) is 6.66. The standard InChI is InChI=1S/C12H11N3O3S/c1-16-9-3-2-4-10(7-9)17-8-11-14-15-12(18-11)19-6-5-13/h2-4,7H,6,8H2,1H3. The number of nitrogens with zero attached hydrogens (tertiary/aromatic N) is 3. The van der Waals surface area contributed by atoms with Crippen molar-refractivity contribution in [2.24, 2.45) is 0 Å². The highest BCUT2D eigenvalue weighted by atomic mass is 32.2. The second-order valence-electron chi connectivity index (χ2n) is 3.38. The van der Waals surface area contributed by atoms with Crippen LogP contribution < -0.4 is 9.47 Å². The molecular weight excluding hydrogens is 266 g/mol. The van der Waals surface area contributed by atoms with Gasteiger partial charge in [-0.2, -0.15) is 5.26 Å². The van der Waals surface area contributed by atoms with Crippen molar-refractivity contribution in [3.63, 3.8) is 0 Å². The molecule has 0 N–H and O–H groups in total. The molecule has 2 rings (SSSR count). The molecule has 0 atom stereocenters. The molecule has 0 bridgehead atoms. The van der Waals surface area contributed by atoms with Crippen LogP contribution in [-0.2, 0) is 6.61 Å². The van der Waals surface area contributed by atoms with Crippen LogP contribution in [0.15, 0.2) is 33.9 Å². The summed E-state index contributed by atoms with van der Waals surface area (Å²) in [6.45, 7) is 0.174. The molecule has 0 aliphatic carbocycles. The lowest BCUT2D eigenvalue weighted by Crippen LogP contribution is -1.96. The SMILES string of the molecule is COc1cccc(OCc2nnc(SCC#N)o2)c1. The third-order valence-corrected chi connectivity index (χ3v) is 2.80. The Hall–Kier alpha value is -2.20. The van der Waals surface area contributed by atoms with Crippen molar-refractivity contribution in [1.82, 2.24) is 10.2 Å². The fourth-order valence-electron chi connectivity index (χ4n) is 1.28. The molecule has 19 heavy (non-hydrogen) atoms. The Balaban J connectivity index is 1.91. The minimum absolute atomic E-state index is 0.174. The Kier molecular flexibility index (Phi) is 4.64. The van der Waals surface area contributed by atoms with Gasteiger partial charge in [-0.3, -0.25) is 0 Å². The van der Waals surface area contributed by atoms with Crippen molar-refractivity contribution in [2.45, 2.75) is 11.8 Å². The van der Waals surface area contributed by atoms with Gasteiger partial charge in [0.15, 0.2) is 6.61 Å². The summed E-state index contributed by atoms with van der Waals surface area (Å²) in [5.41, 5.74) is 0. The van der Waals surface area contributed by atoms with Gasteiger partial charge in [0.05, 0.1) is 18.9 Å². The largest absolute Gasteiger partial charge is 0.497 e. The molecule has 0 saturated carbocycles. The van der Waals surface area contributed by atoms with Gasteiger partial charge in [0.2, 0.25) is 0 Å². The summed E-state index contributed by atoms with van der Waals surface area (Å²) in [4.78, 5) is 0. The molecule has 0 saturated heterocycles. The molecule has 2 aromatic rings. The predicted molar refractivity (Wildman–Crippen MR) is 68.0 cm³/mol. The highest BCUT2D eigenvalue weighted by Crippen LogP contribution is 2.20. The van der Waals surface area contributed by atoms with Crippen LogP contribution in [0, 0.1) is 11.3 Å². The summed E-state index contributed by atoms with van der Waals surface area (Å²) in [6, 6.07) is 9.22. The number of thioether (sulfide) groups is 1. The summed E-state index contributed by atoms with van der Waals surface area (Å²) in [5.74, 6) is 2.01. The van der Waals surface area contributed by atoms with Gasteiger partial charge < -0.3 is 13.9 Å². The van der Waals surface area contributed by atoms with Crippen molar-refractivity contribution in [3.8, 4) is 17.6 Å². The number of rotatable bonds is 6. The smallest absolute Gasteiger partial charge is 0.277 e. The molecule has 0 fully saturated rings. The molecule has 1 heterocycles. The number of methoxy groups -OCH3 is 1. The normalized spacial score (nSPS) is 9.89. The summed E-state index contributed by atoms with van der Waals surface area (Å²) in [7, 11) is 1.59. The first-order valence-corrected chi connectivity index (χ1v) is 6.39. The Bertz CT molecular complexity index is 580. The molecule has 0 amide bonds. The molecule has 6 nitrogen and oxygen atoms in total. The zero-order valence-corrected chi connectivity index (χ0v) is 11.0. The van der Waals surface area contributed by atoms with E-state index >= 15 is 0 Å². The average Bonchev–Trinajstić information content (AvgIpc) is 2.91. The predicted octanol–water partition coefficient (Wildman–Crippen LogP) is 2.27. The van der Waals surface area contributed by atoms with Crippen molar-refractivity contribution < 1.29 is 13.9 Å². The lowest BCUT2D eigenvalue weighted by molar-refractivity contribution is 0.251. The Labute approximate surface area is 114 Å². The maximum atomic E-state index is 8.44. The number of benzene rings is 1. The lowest BCUT2D eigenvalue weighted by Gasteiger charge is -2.04. The van der Waals surface area contributed by atoms with Crippen LogP contribution in [0.25, 0.3) is 0 Å². The van der Waals surface area contributed by atoms with Crippen molar-refractivity contribution in [1.29, 1.82) is 5.26 Å². The number of aromatic nitrogens is 2. The van der Waals surface area contributed by atoms with E-state index in [1.165, 1.54) is 11.8 Å².